The van der Waals surface area contributed by atoms with E-state index in [9.17, 15) is 9.90 Å². The molecule has 1 aliphatic heterocycles. The molecule has 204 valence electrons. The maximum atomic E-state index is 12.4. The van der Waals surface area contributed by atoms with Crippen molar-refractivity contribution in [1.82, 2.24) is 5.43 Å². The molecular weight excluding hydrogens is 476 g/mol. The number of aliphatic imine (C=N–C) groups is 1. The van der Waals surface area contributed by atoms with Gasteiger partial charge in [-0.1, -0.05) is 44.2 Å². The van der Waals surface area contributed by atoms with E-state index >= 15 is 0 Å². The minimum Gasteiger partial charge on any atom is -0.458 e. The van der Waals surface area contributed by atoms with Crippen molar-refractivity contribution in [2.24, 2.45) is 50.3 Å². The quantitative estimate of drug-likeness (QED) is 0.232. The van der Waals surface area contributed by atoms with Gasteiger partial charge in [0.1, 0.15) is 6.61 Å². The molecule has 38 heavy (non-hydrogen) atoms. The Morgan fingerprint density at radius 3 is 2.68 bits per heavy atom. The number of carbonyl (C=O) groups is 1. The zero-order valence-corrected chi connectivity index (χ0v) is 22.8. The third kappa shape index (κ3) is 4.09. The van der Waals surface area contributed by atoms with Crippen molar-refractivity contribution in [2.45, 2.75) is 83.8 Å². The van der Waals surface area contributed by atoms with Crippen molar-refractivity contribution < 1.29 is 14.6 Å². The molecule has 1 heterocycles. The first-order valence-electron chi connectivity index (χ1n) is 14.5. The van der Waals surface area contributed by atoms with Crippen LogP contribution >= 0.6 is 0 Å². The van der Waals surface area contributed by atoms with Crippen LogP contribution in [0.15, 0.2) is 52.1 Å². The lowest BCUT2D eigenvalue weighted by Crippen LogP contribution is -2.62. The summed E-state index contributed by atoms with van der Waals surface area (Å²) in [6.07, 6.45) is 10.9. The topological polar surface area (TPSA) is 109 Å². The summed E-state index contributed by atoms with van der Waals surface area (Å²) >= 11 is 0. The van der Waals surface area contributed by atoms with E-state index in [0.29, 0.717) is 36.9 Å². The van der Waals surface area contributed by atoms with Crippen LogP contribution in [0.2, 0.25) is 0 Å². The Labute approximate surface area is 226 Å². The highest BCUT2D eigenvalue weighted by molar-refractivity contribution is 5.87. The summed E-state index contributed by atoms with van der Waals surface area (Å²) in [6.45, 7) is 5.72. The van der Waals surface area contributed by atoms with Crippen LogP contribution in [0.4, 0.5) is 0 Å². The predicted octanol–water partition coefficient (Wildman–Crippen LogP) is 4.70. The van der Waals surface area contributed by atoms with Gasteiger partial charge < -0.3 is 15.6 Å². The number of aliphatic hydroxyl groups is 1. The van der Waals surface area contributed by atoms with Crippen molar-refractivity contribution >= 4 is 17.6 Å². The highest BCUT2D eigenvalue weighted by Crippen LogP contribution is 2.69. The maximum Gasteiger partial charge on any atom is 0.331 e. The normalized spacial score (nSPS) is 41.7. The molecule has 7 nitrogen and oxygen atoms in total. The van der Waals surface area contributed by atoms with Crippen LogP contribution in [-0.4, -0.2) is 35.0 Å². The van der Waals surface area contributed by atoms with Gasteiger partial charge in [-0.05, 0) is 98.0 Å². The number of hydrogen-bond donors (Lipinski definition) is 3. The number of nitrogens with one attached hydrogen (secondary N) is 1. The SMILES string of the molecule is C[C@]12CC/C(=N\NC(N)=NCc3ccccc3)C[C@H]1CC[C@@H]1[C@@H]2CC[C@]2(C)[C@@H](C3=CC(=O)OC3)CC[C@]12O. The third-order valence-electron chi connectivity index (χ3n) is 11.4. The van der Waals surface area contributed by atoms with Crippen LogP contribution in [0, 0.1) is 34.5 Å². The largest absolute Gasteiger partial charge is 0.458 e. The van der Waals surface area contributed by atoms with Crippen LogP contribution in [0.1, 0.15) is 77.2 Å². The van der Waals surface area contributed by atoms with Crippen LogP contribution in [0.25, 0.3) is 0 Å². The Morgan fingerprint density at radius 1 is 1.11 bits per heavy atom. The van der Waals surface area contributed by atoms with E-state index in [0.717, 1.165) is 68.9 Å². The Hall–Kier alpha value is -2.67. The highest BCUT2D eigenvalue weighted by atomic mass is 16.5. The third-order valence-corrected chi connectivity index (χ3v) is 11.4. The number of guanidine groups is 1. The summed E-state index contributed by atoms with van der Waals surface area (Å²) in [6, 6.07) is 10.1. The molecule has 0 saturated heterocycles. The summed E-state index contributed by atoms with van der Waals surface area (Å²) in [5.41, 5.74) is 11.9. The van der Waals surface area contributed by atoms with Gasteiger partial charge in [0.05, 0.1) is 12.1 Å². The first-order chi connectivity index (χ1) is 18.2. The van der Waals surface area contributed by atoms with E-state index < -0.39 is 5.60 Å². The number of benzene rings is 1. The molecule has 7 heteroatoms. The number of nitrogens with zero attached hydrogens (tertiary/aromatic N) is 2. The number of rotatable bonds is 4. The second-order valence-electron chi connectivity index (χ2n) is 13.0. The van der Waals surface area contributed by atoms with Crippen LogP contribution in [0.5, 0.6) is 0 Å². The lowest BCUT2D eigenvalue weighted by Gasteiger charge is -2.63. The molecule has 0 amide bonds. The smallest absolute Gasteiger partial charge is 0.331 e. The second kappa shape index (κ2) is 9.51. The zero-order chi connectivity index (χ0) is 26.5. The van der Waals surface area contributed by atoms with E-state index in [2.05, 4.69) is 29.4 Å². The molecule has 4 N–H and O–H groups in total. The van der Waals surface area contributed by atoms with Crippen molar-refractivity contribution in [3.05, 3.63) is 47.5 Å². The van der Waals surface area contributed by atoms with E-state index in [1.807, 2.05) is 30.3 Å². The van der Waals surface area contributed by atoms with Gasteiger partial charge in [0.2, 0.25) is 5.96 Å². The number of carbonyl (C=O) groups excluding carboxylic acids is 1. The molecule has 0 unspecified atom stereocenters. The lowest BCUT2D eigenvalue weighted by molar-refractivity contribution is -0.200. The fourth-order valence-corrected chi connectivity index (χ4v) is 9.24. The number of ether oxygens (including phenoxy) is 1. The summed E-state index contributed by atoms with van der Waals surface area (Å²) in [7, 11) is 0. The Bertz CT molecular complexity index is 1180. The average Bonchev–Trinajstić information content (AvgIpc) is 3.46. The Kier molecular flexibility index (Phi) is 6.41. The van der Waals surface area contributed by atoms with Gasteiger partial charge in [0, 0.05) is 17.2 Å². The van der Waals surface area contributed by atoms with Gasteiger partial charge in [0.15, 0.2) is 0 Å². The van der Waals surface area contributed by atoms with E-state index in [1.54, 1.807) is 6.08 Å². The van der Waals surface area contributed by atoms with E-state index in [4.69, 9.17) is 10.5 Å². The van der Waals surface area contributed by atoms with E-state index in [-0.39, 0.29) is 22.7 Å². The van der Waals surface area contributed by atoms with Crippen molar-refractivity contribution in [3.8, 4) is 0 Å². The van der Waals surface area contributed by atoms with Gasteiger partial charge in [-0.15, -0.1) is 0 Å². The summed E-state index contributed by atoms with van der Waals surface area (Å²) < 4.78 is 5.26. The molecule has 0 aromatic heterocycles. The Balaban J connectivity index is 1.13. The molecule has 1 aromatic carbocycles. The van der Waals surface area contributed by atoms with Gasteiger partial charge in [-0.2, -0.15) is 5.10 Å². The number of fused-ring (bicyclic) bond motifs is 5. The lowest BCUT2D eigenvalue weighted by atomic mass is 9.43. The molecule has 0 radical (unpaired) electrons. The molecule has 6 rings (SSSR count). The van der Waals surface area contributed by atoms with Crippen LogP contribution < -0.4 is 11.2 Å². The second-order valence-corrected chi connectivity index (χ2v) is 13.0. The summed E-state index contributed by atoms with van der Waals surface area (Å²) in [5.74, 6) is 1.81. The average molecular weight is 519 g/mol. The molecule has 4 saturated carbocycles. The number of cyclic esters (lactones) is 1. The molecule has 1 aromatic rings. The fourth-order valence-electron chi connectivity index (χ4n) is 9.24. The highest BCUT2D eigenvalue weighted by Gasteiger charge is 2.67. The molecule has 0 spiro atoms. The summed E-state index contributed by atoms with van der Waals surface area (Å²) in [5, 5.41) is 17.1. The van der Waals surface area contributed by atoms with E-state index in [1.165, 1.54) is 5.71 Å². The molecule has 5 aliphatic rings. The van der Waals surface area contributed by atoms with Gasteiger partial charge in [-0.3, -0.25) is 0 Å². The fraction of sp³-hybridized carbons (Fsp3) is 0.645. The number of nitrogens with two attached hydrogens (primary N) is 1. The van der Waals surface area contributed by atoms with Crippen molar-refractivity contribution in [2.75, 3.05) is 6.61 Å². The zero-order valence-electron chi connectivity index (χ0n) is 22.8. The summed E-state index contributed by atoms with van der Waals surface area (Å²) in [4.78, 5) is 16.2. The molecule has 0 bridgehead atoms. The number of hydrazone groups is 1. The monoisotopic (exact) mass is 518 g/mol. The van der Waals surface area contributed by atoms with Gasteiger partial charge in [-0.25, -0.2) is 15.2 Å². The first-order valence-corrected chi connectivity index (χ1v) is 14.5. The standard InChI is InChI=1S/C31H42N4O3/c1-29-13-10-23(34-35-28(32)33-18-20-6-4-3-5-7-20)17-22(29)8-9-26-25(29)11-14-30(2)24(12-15-31(26,30)37)21-16-27(36)38-19-21/h3-7,16,22,24-26,37H,8-15,17-19H2,1-2H3,(H3,32,33,35)/b34-23+/t22-,24-,25+,26-,29+,30-,31+/m1/s1. The molecule has 7 atom stereocenters. The minimum absolute atomic E-state index is 0.182. The van der Waals surface area contributed by atoms with Crippen LogP contribution in [0.3, 0.4) is 0 Å². The predicted molar refractivity (Wildman–Crippen MR) is 148 cm³/mol. The number of hydrogen-bond acceptors (Lipinski definition) is 5. The van der Waals surface area contributed by atoms with Crippen LogP contribution in [-0.2, 0) is 16.1 Å². The first kappa shape index (κ1) is 25.6. The van der Waals surface area contributed by atoms with Crippen molar-refractivity contribution in [1.29, 1.82) is 0 Å². The molecule has 4 fully saturated rings. The van der Waals surface area contributed by atoms with Crippen molar-refractivity contribution in [3.63, 3.8) is 0 Å². The molecular formula is C31H42N4O3. The minimum atomic E-state index is -0.666. The van der Waals surface area contributed by atoms with Gasteiger partial charge in [0.25, 0.3) is 0 Å². The molecule has 4 aliphatic carbocycles. The maximum absolute atomic E-state index is 12.4. The number of esters is 1. The Morgan fingerprint density at radius 2 is 1.92 bits per heavy atom. The van der Waals surface area contributed by atoms with Gasteiger partial charge >= 0.3 is 5.97 Å².